The van der Waals surface area contributed by atoms with Crippen molar-refractivity contribution in [2.45, 2.75) is 12.6 Å². The Labute approximate surface area is 143 Å². The minimum atomic E-state index is -0.697. The van der Waals surface area contributed by atoms with Gasteiger partial charge in [-0.05, 0) is 12.1 Å². The van der Waals surface area contributed by atoms with Crippen LogP contribution in [-0.2, 0) is 17.3 Å². The van der Waals surface area contributed by atoms with E-state index >= 15 is 0 Å². The molecule has 2 heterocycles. The van der Waals surface area contributed by atoms with Crippen molar-refractivity contribution in [3.05, 3.63) is 47.0 Å². The summed E-state index contributed by atoms with van der Waals surface area (Å²) in [4.78, 5) is 12.1. The topological polar surface area (TPSA) is 55.8 Å². The number of rotatable bonds is 4. The van der Waals surface area contributed by atoms with Crippen LogP contribution in [0.1, 0.15) is 16.4 Å². The lowest BCUT2D eigenvalue weighted by atomic mass is 10.1. The molecule has 8 heteroatoms. The highest BCUT2D eigenvalue weighted by Crippen LogP contribution is 2.18. The van der Waals surface area contributed by atoms with E-state index in [4.69, 9.17) is 0 Å². The second-order valence-electron chi connectivity index (χ2n) is 4.76. The van der Waals surface area contributed by atoms with Gasteiger partial charge in [0.2, 0.25) is 6.33 Å². The van der Waals surface area contributed by atoms with Crippen LogP contribution in [0.25, 0.3) is 0 Å². The summed E-state index contributed by atoms with van der Waals surface area (Å²) in [5.41, 5.74) is 0.679. The Morgan fingerprint density at radius 1 is 1.38 bits per heavy atom. The van der Waals surface area contributed by atoms with Crippen LogP contribution < -0.4 is 21.5 Å². The first kappa shape index (κ1) is 16.5. The van der Waals surface area contributed by atoms with E-state index in [-0.39, 0.29) is 35.4 Å². The average molecular weight is 435 g/mol. The van der Waals surface area contributed by atoms with Crippen molar-refractivity contribution >= 4 is 32.5 Å². The molecule has 0 saturated carbocycles. The van der Waals surface area contributed by atoms with Gasteiger partial charge in [-0.1, -0.05) is 28.1 Å². The molecule has 0 amide bonds. The summed E-state index contributed by atoms with van der Waals surface area (Å²) in [7, 11) is -0.697. The SMILES string of the molecule is O=C(C[n+]1cnn(C2CS(=O)C2)c1)c1ccc(Br)cc1.[Br-]. The van der Waals surface area contributed by atoms with Gasteiger partial charge in [0.25, 0.3) is 6.33 Å². The van der Waals surface area contributed by atoms with E-state index in [0.717, 1.165) is 4.47 Å². The molecule has 1 aliphatic rings. The van der Waals surface area contributed by atoms with Crippen molar-refractivity contribution in [3.63, 3.8) is 0 Å². The molecule has 21 heavy (non-hydrogen) atoms. The molecule has 112 valence electrons. The molecule has 1 saturated heterocycles. The van der Waals surface area contributed by atoms with Crippen molar-refractivity contribution in [2.24, 2.45) is 0 Å². The largest absolute Gasteiger partial charge is 1.00 e. The van der Waals surface area contributed by atoms with Gasteiger partial charge in [0, 0.05) is 25.9 Å². The zero-order chi connectivity index (χ0) is 14.1. The molecule has 0 aliphatic carbocycles. The van der Waals surface area contributed by atoms with Crippen LogP contribution in [-0.4, -0.2) is 31.3 Å². The molecule has 0 unspecified atom stereocenters. The maximum Gasteiger partial charge on any atom is 0.265 e. The molecule has 1 fully saturated rings. The smallest absolute Gasteiger partial charge is 0.265 e. The van der Waals surface area contributed by atoms with Gasteiger partial charge in [-0.3, -0.25) is 9.00 Å². The number of carbonyl (C=O) groups is 1. The van der Waals surface area contributed by atoms with Crippen LogP contribution in [0.2, 0.25) is 0 Å². The van der Waals surface area contributed by atoms with Gasteiger partial charge >= 0.3 is 0 Å². The van der Waals surface area contributed by atoms with Gasteiger partial charge in [-0.25, -0.2) is 4.57 Å². The molecule has 3 rings (SSSR count). The Hall–Kier alpha value is -0.860. The van der Waals surface area contributed by atoms with Gasteiger partial charge in [0.15, 0.2) is 5.78 Å². The van der Waals surface area contributed by atoms with E-state index in [2.05, 4.69) is 21.0 Å². The molecular weight excluding hydrogens is 422 g/mol. The number of ketones is 1. The maximum absolute atomic E-state index is 12.1. The van der Waals surface area contributed by atoms with Crippen LogP contribution >= 0.6 is 15.9 Å². The second-order valence-corrected chi connectivity index (χ2v) is 7.22. The lowest BCUT2D eigenvalue weighted by Gasteiger charge is -2.19. The fraction of sp³-hybridized carbons (Fsp3) is 0.308. The lowest BCUT2D eigenvalue weighted by Crippen LogP contribution is -3.00. The minimum absolute atomic E-state index is 0. The predicted molar refractivity (Wildman–Crippen MR) is 77.8 cm³/mol. The van der Waals surface area contributed by atoms with Crippen molar-refractivity contribution in [1.29, 1.82) is 0 Å². The van der Waals surface area contributed by atoms with Gasteiger partial charge in [-0.2, -0.15) is 0 Å². The Bertz CT molecular complexity index is 664. The molecule has 0 bridgehead atoms. The molecule has 2 aromatic rings. The van der Waals surface area contributed by atoms with Crippen LogP contribution in [0, 0.1) is 0 Å². The Morgan fingerprint density at radius 3 is 2.67 bits per heavy atom. The number of hydrogen-bond acceptors (Lipinski definition) is 3. The van der Waals surface area contributed by atoms with E-state index in [9.17, 15) is 9.00 Å². The Balaban J connectivity index is 0.00000161. The molecule has 1 aromatic carbocycles. The van der Waals surface area contributed by atoms with Crippen molar-refractivity contribution in [2.75, 3.05) is 11.5 Å². The first-order valence-corrected chi connectivity index (χ1v) is 8.47. The summed E-state index contributed by atoms with van der Waals surface area (Å²) in [6.07, 6.45) is 3.44. The number of halogens is 2. The third-order valence-electron chi connectivity index (χ3n) is 3.22. The highest BCUT2D eigenvalue weighted by molar-refractivity contribution is 9.10. The maximum atomic E-state index is 12.1. The van der Waals surface area contributed by atoms with E-state index in [0.29, 0.717) is 17.1 Å². The summed E-state index contributed by atoms with van der Waals surface area (Å²) in [6, 6.07) is 7.51. The summed E-state index contributed by atoms with van der Waals surface area (Å²) in [6.45, 7) is 0.261. The van der Waals surface area contributed by atoms with Crippen LogP contribution in [0.5, 0.6) is 0 Å². The zero-order valence-electron chi connectivity index (χ0n) is 11.0. The number of Topliss-reactive ketones (excluding diaryl/α,β-unsaturated/α-hetero) is 1. The van der Waals surface area contributed by atoms with Crippen LogP contribution in [0.4, 0.5) is 0 Å². The molecule has 5 nitrogen and oxygen atoms in total. The van der Waals surface area contributed by atoms with Crippen molar-refractivity contribution < 1.29 is 30.6 Å². The fourth-order valence-corrected chi connectivity index (χ4v) is 3.36. The molecule has 1 aliphatic heterocycles. The molecule has 0 radical (unpaired) electrons. The van der Waals surface area contributed by atoms with Gasteiger partial charge in [-0.15, -0.1) is 4.68 Å². The first-order valence-electron chi connectivity index (χ1n) is 6.19. The Kier molecular flexibility index (Phi) is 5.45. The number of aromatic nitrogens is 3. The summed E-state index contributed by atoms with van der Waals surface area (Å²) in [5, 5.41) is 4.22. The first-order chi connectivity index (χ1) is 9.61. The Morgan fingerprint density at radius 2 is 2.05 bits per heavy atom. The van der Waals surface area contributed by atoms with E-state index in [1.807, 2.05) is 12.1 Å². The fourth-order valence-electron chi connectivity index (χ4n) is 2.03. The van der Waals surface area contributed by atoms with E-state index in [1.54, 1.807) is 34.0 Å². The highest BCUT2D eigenvalue weighted by Gasteiger charge is 2.32. The molecular formula is C13H13Br2N3O2S. The minimum Gasteiger partial charge on any atom is -1.00 e. The third-order valence-corrected chi connectivity index (χ3v) is 5.26. The van der Waals surface area contributed by atoms with Crippen molar-refractivity contribution in [3.8, 4) is 0 Å². The molecule has 0 N–H and O–H groups in total. The summed E-state index contributed by atoms with van der Waals surface area (Å²) in [5.74, 6) is 1.35. The average Bonchev–Trinajstić information content (AvgIpc) is 2.84. The van der Waals surface area contributed by atoms with Crippen molar-refractivity contribution in [1.82, 2.24) is 9.78 Å². The third kappa shape index (κ3) is 3.87. The van der Waals surface area contributed by atoms with Gasteiger partial charge < -0.3 is 17.0 Å². The quantitative estimate of drug-likeness (QED) is 0.418. The standard InChI is InChI=1S/C13H13BrN3O2S.BrH/c14-11-3-1-10(2-4-11)13(18)5-16-8-15-17(9-16)12-6-20(19)7-12;/h1-4,8-9,12H,5-7H2;1H/q+1;/p-1. The predicted octanol–water partition coefficient (Wildman–Crippen LogP) is -1.88. The van der Waals surface area contributed by atoms with E-state index < -0.39 is 10.8 Å². The van der Waals surface area contributed by atoms with Gasteiger partial charge in [0.1, 0.15) is 12.6 Å². The normalized spacial score (nSPS) is 20.4. The monoisotopic (exact) mass is 433 g/mol. The van der Waals surface area contributed by atoms with Gasteiger partial charge in [0.05, 0.1) is 11.5 Å². The summed E-state index contributed by atoms with van der Waals surface area (Å²) < 4.78 is 15.6. The number of hydrogen-bond donors (Lipinski definition) is 0. The number of benzene rings is 1. The lowest BCUT2D eigenvalue weighted by molar-refractivity contribution is -0.684. The summed E-state index contributed by atoms with van der Waals surface area (Å²) >= 11 is 3.35. The second kappa shape index (κ2) is 6.93. The number of carbonyl (C=O) groups excluding carboxylic acids is 1. The number of nitrogens with zero attached hydrogens (tertiary/aromatic N) is 3. The van der Waals surface area contributed by atoms with Crippen LogP contribution in [0.15, 0.2) is 41.4 Å². The molecule has 1 aromatic heterocycles. The molecule has 0 spiro atoms. The zero-order valence-corrected chi connectivity index (χ0v) is 15.0. The van der Waals surface area contributed by atoms with E-state index in [1.165, 1.54) is 0 Å². The van der Waals surface area contributed by atoms with Crippen LogP contribution in [0.3, 0.4) is 0 Å². The highest BCUT2D eigenvalue weighted by atomic mass is 79.9. The molecule has 0 atom stereocenters.